The van der Waals surface area contributed by atoms with Gasteiger partial charge in [0.1, 0.15) is 5.56 Å². The van der Waals surface area contributed by atoms with Gasteiger partial charge in [-0.2, -0.15) is 4.98 Å². The van der Waals surface area contributed by atoms with Gasteiger partial charge in [0.05, 0.1) is 11.8 Å². The number of hydrogen-bond acceptors (Lipinski definition) is 7. The summed E-state index contributed by atoms with van der Waals surface area (Å²) in [5.41, 5.74) is 10.3. The minimum Gasteiger partial charge on any atom is -0.365 e. The van der Waals surface area contributed by atoms with Gasteiger partial charge < -0.3 is 25.4 Å². The first kappa shape index (κ1) is 25.7. The van der Waals surface area contributed by atoms with E-state index in [1.165, 1.54) is 23.5 Å². The number of piperazine rings is 1. The zero-order valence-electron chi connectivity index (χ0n) is 22.4. The number of benzene rings is 2. The van der Waals surface area contributed by atoms with Crippen LogP contribution in [-0.2, 0) is 24.1 Å². The van der Waals surface area contributed by atoms with Gasteiger partial charge in [-0.3, -0.25) is 14.4 Å². The molecule has 0 atom stereocenters. The number of fused-ring (bicyclic) bond motifs is 2. The largest absolute Gasteiger partial charge is 0.365 e. The fourth-order valence-electron chi connectivity index (χ4n) is 5.43. The summed E-state index contributed by atoms with van der Waals surface area (Å²) in [5, 5.41) is 3.40. The van der Waals surface area contributed by atoms with Crippen LogP contribution in [0.1, 0.15) is 33.5 Å². The molecule has 1 aliphatic carbocycles. The van der Waals surface area contributed by atoms with E-state index in [0.29, 0.717) is 18.0 Å². The summed E-state index contributed by atoms with van der Waals surface area (Å²) in [4.78, 5) is 50.9. The molecule has 0 spiro atoms. The van der Waals surface area contributed by atoms with Crippen molar-refractivity contribution in [1.82, 2.24) is 24.3 Å². The van der Waals surface area contributed by atoms with Crippen molar-refractivity contribution in [2.45, 2.75) is 25.7 Å². The van der Waals surface area contributed by atoms with Crippen molar-refractivity contribution in [1.29, 1.82) is 0 Å². The van der Waals surface area contributed by atoms with Crippen molar-refractivity contribution in [2.24, 2.45) is 5.73 Å². The molecule has 6 rings (SSSR count). The third-order valence-corrected chi connectivity index (χ3v) is 7.79. The van der Waals surface area contributed by atoms with E-state index in [-0.39, 0.29) is 16.9 Å². The fraction of sp³-hybridized carbons (Fsp3) is 0.300. The first-order valence-corrected chi connectivity index (χ1v) is 13.5. The average Bonchev–Trinajstić information content (AvgIpc) is 3.42. The second-order valence-corrected chi connectivity index (χ2v) is 10.5. The molecule has 1 fully saturated rings. The zero-order valence-corrected chi connectivity index (χ0v) is 22.4. The molecule has 10 heteroatoms. The highest BCUT2D eigenvalue weighted by molar-refractivity contribution is 5.96. The summed E-state index contributed by atoms with van der Waals surface area (Å²) in [6, 6.07) is 13.7. The van der Waals surface area contributed by atoms with Crippen LogP contribution in [0.25, 0.3) is 16.7 Å². The molecular weight excluding hydrogens is 506 g/mol. The first-order chi connectivity index (χ1) is 19.4. The molecule has 0 unspecified atom stereocenters. The third-order valence-electron chi connectivity index (χ3n) is 7.79. The highest BCUT2D eigenvalue weighted by atomic mass is 16.2. The lowest BCUT2D eigenvalue weighted by molar-refractivity contribution is -0.132. The second-order valence-electron chi connectivity index (χ2n) is 10.5. The number of hydrogen-bond donors (Lipinski definition) is 2. The number of amides is 2. The molecule has 2 aromatic carbocycles. The van der Waals surface area contributed by atoms with Crippen LogP contribution >= 0.6 is 0 Å². The van der Waals surface area contributed by atoms with Gasteiger partial charge in [0, 0.05) is 49.9 Å². The number of aromatic nitrogens is 3. The molecule has 1 aliphatic heterocycles. The van der Waals surface area contributed by atoms with Crippen LogP contribution in [0.5, 0.6) is 0 Å². The van der Waals surface area contributed by atoms with Crippen molar-refractivity contribution in [3.05, 3.63) is 87.3 Å². The molecule has 0 bridgehead atoms. The zero-order chi connectivity index (χ0) is 27.8. The number of primary amides is 1. The van der Waals surface area contributed by atoms with E-state index < -0.39 is 11.3 Å². The van der Waals surface area contributed by atoms with Crippen LogP contribution in [0, 0.1) is 0 Å². The van der Waals surface area contributed by atoms with E-state index in [0.717, 1.165) is 62.4 Å². The van der Waals surface area contributed by atoms with E-state index >= 15 is 0 Å². The Morgan fingerprint density at radius 3 is 2.50 bits per heavy atom. The normalized spacial score (nSPS) is 15.3. The van der Waals surface area contributed by atoms with Crippen LogP contribution in [0.2, 0.25) is 0 Å². The Labute approximate surface area is 231 Å². The molecule has 0 saturated carbocycles. The highest BCUT2D eigenvalue weighted by Crippen LogP contribution is 2.26. The maximum atomic E-state index is 13.0. The second kappa shape index (κ2) is 10.5. The van der Waals surface area contributed by atoms with Gasteiger partial charge in [0.15, 0.2) is 5.65 Å². The van der Waals surface area contributed by atoms with E-state index in [1.54, 1.807) is 4.57 Å². The monoisotopic (exact) mass is 537 g/mol. The van der Waals surface area contributed by atoms with E-state index in [9.17, 15) is 14.4 Å². The lowest BCUT2D eigenvalue weighted by atomic mass is 10.1. The predicted molar refractivity (Wildman–Crippen MR) is 153 cm³/mol. The molecule has 10 nitrogen and oxygen atoms in total. The fourth-order valence-corrected chi connectivity index (χ4v) is 5.43. The average molecular weight is 538 g/mol. The molecule has 1 saturated heterocycles. The summed E-state index contributed by atoms with van der Waals surface area (Å²) < 4.78 is 1.73. The van der Waals surface area contributed by atoms with Gasteiger partial charge in [-0.25, -0.2) is 4.98 Å². The number of likely N-dealkylation sites (N-methyl/N-ethyl adjacent to an activating group) is 1. The van der Waals surface area contributed by atoms with Gasteiger partial charge in [-0.1, -0.05) is 18.2 Å². The van der Waals surface area contributed by atoms with Crippen molar-refractivity contribution in [3.63, 3.8) is 0 Å². The minimum atomic E-state index is -0.796. The number of nitrogens with two attached hydrogens (primary N) is 1. The number of nitrogens with zero attached hydrogens (tertiary/aromatic N) is 5. The Hall–Kier alpha value is -4.57. The molecule has 204 valence electrons. The number of pyridine rings is 1. The maximum Gasteiger partial charge on any atom is 0.254 e. The Bertz CT molecular complexity index is 1670. The standard InChI is InChI=1S/C30H31N7O3/c1-35-11-13-36(14-12-35)26(38)15-19-5-8-22(9-6-19)33-30-32-17-24-27(39)25(28(31)40)18-37(29(24)34-30)23-10-7-20-3-2-4-21(20)16-23/h5-10,16-18H,2-4,11-15H2,1H3,(H2,31,40)(H,32,33,34). The Kier molecular flexibility index (Phi) is 6.77. The number of rotatable bonds is 6. The van der Waals surface area contributed by atoms with Gasteiger partial charge in [0.25, 0.3) is 5.91 Å². The number of nitrogens with one attached hydrogen (secondary N) is 1. The van der Waals surface area contributed by atoms with Crippen molar-refractivity contribution < 1.29 is 9.59 Å². The lowest BCUT2D eigenvalue weighted by Gasteiger charge is -2.32. The topological polar surface area (TPSA) is 126 Å². The summed E-state index contributed by atoms with van der Waals surface area (Å²) >= 11 is 0. The van der Waals surface area contributed by atoms with Crippen LogP contribution in [0.3, 0.4) is 0 Å². The van der Waals surface area contributed by atoms with Crippen LogP contribution in [0.4, 0.5) is 11.6 Å². The van der Waals surface area contributed by atoms with Gasteiger partial charge in [-0.05, 0) is 67.3 Å². The number of carbonyl (C=O) groups is 2. The highest BCUT2D eigenvalue weighted by Gasteiger charge is 2.20. The predicted octanol–water partition coefficient (Wildman–Crippen LogP) is 2.43. The molecule has 2 aromatic heterocycles. The van der Waals surface area contributed by atoms with Crippen LogP contribution < -0.4 is 16.5 Å². The number of carbonyl (C=O) groups excluding carboxylic acids is 2. The lowest BCUT2D eigenvalue weighted by Crippen LogP contribution is -2.47. The Balaban J connectivity index is 1.27. The third kappa shape index (κ3) is 5.05. The van der Waals surface area contributed by atoms with E-state index in [1.807, 2.05) is 35.2 Å². The Morgan fingerprint density at radius 2 is 1.75 bits per heavy atom. The van der Waals surface area contributed by atoms with E-state index in [2.05, 4.69) is 39.4 Å². The summed E-state index contributed by atoms with van der Waals surface area (Å²) in [7, 11) is 2.07. The SMILES string of the molecule is CN1CCN(C(=O)Cc2ccc(Nc3ncc4c(=O)c(C(N)=O)cn(-c5ccc6c(c5)CCC6)c4n3)cc2)CC1. The summed E-state index contributed by atoms with van der Waals surface area (Å²) in [6.07, 6.45) is 6.38. The van der Waals surface area contributed by atoms with Crippen molar-refractivity contribution in [2.75, 3.05) is 38.5 Å². The first-order valence-electron chi connectivity index (χ1n) is 13.5. The van der Waals surface area contributed by atoms with Gasteiger partial charge >= 0.3 is 0 Å². The van der Waals surface area contributed by atoms with E-state index in [4.69, 9.17) is 5.73 Å². The van der Waals surface area contributed by atoms with Gasteiger partial charge in [0.2, 0.25) is 17.3 Å². The molecule has 3 N–H and O–H groups in total. The minimum absolute atomic E-state index is 0.112. The molecule has 40 heavy (non-hydrogen) atoms. The Morgan fingerprint density at radius 1 is 1.00 bits per heavy atom. The van der Waals surface area contributed by atoms with Gasteiger partial charge in [-0.15, -0.1) is 0 Å². The molecule has 0 radical (unpaired) electrons. The quantitative estimate of drug-likeness (QED) is 0.387. The molecule has 4 aromatic rings. The number of aryl methyl sites for hydroxylation is 2. The maximum absolute atomic E-state index is 13.0. The number of anilines is 2. The molecule has 2 aliphatic rings. The van der Waals surface area contributed by atoms with Crippen molar-refractivity contribution in [3.8, 4) is 5.69 Å². The van der Waals surface area contributed by atoms with Crippen LogP contribution in [0.15, 0.2) is 59.7 Å². The van der Waals surface area contributed by atoms with Crippen molar-refractivity contribution >= 4 is 34.5 Å². The molecule has 2 amide bonds. The molecule has 3 heterocycles. The molecular formula is C30H31N7O3. The smallest absolute Gasteiger partial charge is 0.254 e. The van der Waals surface area contributed by atoms with Crippen LogP contribution in [-0.4, -0.2) is 69.4 Å². The summed E-state index contributed by atoms with van der Waals surface area (Å²) in [5.74, 6) is -0.364. The summed E-state index contributed by atoms with van der Waals surface area (Å²) in [6.45, 7) is 3.30.